The molecule has 0 fully saturated rings. The molecule has 3 aromatic rings. The van der Waals surface area contributed by atoms with Gasteiger partial charge in [0.15, 0.2) is 0 Å². The fourth-order valence-electron chi connectivity index (χ4n) is 4.76. The molecule has 3 aromatic carbocycles. The third-order valence-electron chi connectivity index (χ3n) is 6.18. The Labute approximate surface area is 177 Å². The molecule has 144 valence electrons. The van der Waals surface area contributed by atoms with Gasteiger partial charge in [0, 0.05) is 11.1 Å². The van der Waals surface area contributed by atoms with Gasteiger partial charge >= 0.3 is 0 Å². The number of aryl methyl sites for hydroxylation is 1. The highest BCUT2D eigenvalue weighted by Crippen LogP contribution is 2.40. The maximum absolute atomic E-state index is 5.13. The Hall–Kier alpha value is -3.65. The standard InChI is InChI=1S/C28H22N2/c1-18-14-15-20-17-21-10-7-12-23(26(21)24(20)16-18)28-29-25-13-6-5-11-22(25)27(30-28)19-8-3-2-4-9-19/h2-16,25H,17H2,1H3,(H,29,30). The maximum Gasteiger partial charge on any atom is 0.134 e. The van der Waals surface area contributed by atoms with Crippen LogP contribution in [0.2, 0.25) is 0 Å². The van der Waals surface area contributed by atoms with Gasteiger partial charge < -0.3 is 5.32 Å². The molecule has 1 atom stereocenters. The minimum Gasteiger partial charge on any atom is -0.339 e. The molecule has 0 saturated heterocycles. The summed E-state index contributed by atoms with van der Waals surface area (Å²) in [6, 6.07) is 24.0. The van der Waals surface area contributed by atoms with Crippen LogP contribution in [0.5, 0.6) is 0 Å². The monoisotopic (exact) mass is 386 g/mol. The minimum atomic E-state index is 0.0377. The lowest BCUT2D eigenvalue weighted by atomic mass is 9.92. The van der Waals surface area contributed by atoms with Gasteiger partial charge in [-0.3, -0.25) is 4.99 Å². The fraction of sp³-hybridized carbons (Fsp3) is 0.107. The van der Waals surface area contributed by atoms with Crippen molar-refractivity contribution in [3.8, 4) is 11.1 Å². The Morgan fingerprint density at radius 1 is 0.867 bits per heavy atom. The van der Waals surface area contributed by atoms with Crippen LogP contribution in [0.1, 0.15) is 27.8 Å². The van der Waals surface area contributed by atoms with Crippen LogP contribution in [0.3, 0.4) is 0 Å². The minimum absolute atomic E-state index is 0.0377. The number of rotatable bonds is 2. The smallest absolute Gasteiger partial charge is 0.134 e. The Morgan fingerprint density at radius 3 is 2.67 bits per heavy atom. The predicted octanol–water partition coefficient (Wildman–Crippen LogP) is 5.82. The normalized spacial score (nSPS) is 18.4. The lowest BCUT2D eigenvalue weighted by Gasteiger charge is -2.28. The van der Waals surface area contributed by atoms with Gasteiger partial charge in [0.05, 0.1) is 11.7 Å². The van der Waals surface area contributed by atoms with Crippen LogP contribution in [-0.2, 0) is 6.42 Å². The molecule has 2 heteroatoms. The van der Waals surface area contributed by atoms with Crippen molar-refractivity contribution in [2.24, 2.45) is 4.99 Å². The largest absolute Gasteiger partial charge is 0.339 e. The molecule has 0 amide bonds. The predicted molar refractivity (Wildman–Crippen MR) is 125 cm³/mol. The average Bonchev–Trinajstić information content (AvgIpc) is 3.17. The number of allylic oxidation sites excluding steroid dienone is 2. The van der Waals surface area contributed by atoms with Gasteiger partial charge in [-0.2, -0.15) is 0 Å². The van der Waals surface area contributed by atoms with Crippen molar-refractivity contribution >= 4 is 11.5 Å². The van der Waals surface area contributed by atoms with E-state index >= 15 is 0 Å². The van der Waals surface area contributed by atoms with Crippen molar-refractivity contribution in [2.45, 2.75) is 19.4 Å². The third kappa shape index (κ3) is 2.68. The Balaban J connectivity index is 1.51. The number of benzene rings is 3. The van der Waals surface area contributed by atoms with Crippen molar-refractivity contribution < 1.29 is 0 Å². The summed E-state index contributed by atoms with van der Waals surface area (Å²) in [6.45, 7) is 2.17. The van der Waals surface area contributed by atoms with E-state index in [4.69, 9.17) is 4.99 Å². The van der Waals surface area contributed by atoms with E-state index in [9.17, 15) is 0 Å². The van der Waals surface area contributed by atoms with Crippen LogP contribution in [0.25, 0.3) is 16.8 Å². The molecule has 1 aliphatic heterocycles. The van der Waals surface area contributed by atoms with Gasteiger partial charge in [0.25, 0.3) is 0 Å². The molecule has 1 unspecified atom stereocenters. The van der Waals surface area contributed by atoms with Gasteiger partial charge in [0.2, 0.25) is 0 Å². The highest BCUT2D eigenvalue weighted by Gasteiger charge is 2.28. The molecule has 6 rings (SSSR count). The summed E-state index contributed by atoms with van der Waals surface area (Å²) in [4.78, 5) is 5.13. The molecular formula is C28H22N2. The highest BCUT2D eigenvalue weighted by molar-refractivity contribution is 6.11. The second-order valence-corrected chi connectivity index (χ2v) is 8.17. The first-order valence-corrected chi connectivity index (χ1v) is 10.5. The van der Waals surface area contributed by atoms with Crippen molar-refractivity contribution in [3.05, 3.63) is 124 Å². The average molecular weight is 386 g/mol. The van der Waals surface area contributed by atoms with Gasteiger partial charge in [0.1, 0.15) is 5.84 Å². The van der Waals surface area contributed by atoms with E-state index in [0.717, 1.165) is 18.0 Å². The summed E-state index contributed by atoms with van der Waals surface area (Å²) < 4.78 is 0. The SMILES string of the molecule is Cc1ccc2c(c1)-c1c(cccc1C1=NC3C=CC=CC3=C(c3ccccc3)N1)C2. The Kier molecular flexibility index (Phi) is 3.85. The molecule has 1 heterocycles. The molecule has 2 aliphatic carbocycles. The number of hydrogen-bond donors (Lipinski definition) is 1. The second kappa shape index (κ2) is 6.70. The molecular weight excluding hydrogens is 364 g/mol. The number of nitrogens with zero attached hydrogens (tertiary/aromatic N) is 1. The number of hydrogen-bond acceptors (Lipinski definition) is 2. The summed E-state index contributed by atoms with van der Waals surface area (Å²) in [5, 5.41) is 3.70. The van der Waals surface area contributed by atoms with E-state index in [-0.39, 0.29) is 6.04 Å². The summed E-state index contributed by atoms with van der Waals surface area (Å²) in [5.74, 6) is 0.953. The first-order valence-electron chi connectivity index (χ1n) is 10.5. The van der Waals surface area contributed by atoms with Crippen LogP contribution in [0, 0.1) is 6.92 Å². The van der Waals surface area contributed by atoms with Crippen molar-refractivity contribution in [1.29, 1.82) is 0 Å². The summed E-state index contributed by atoms with van der Waals surface area (Å²) >= 11 is 0. The number of fused-ring (bicyclic) bond motifs is 4. The van der Waals surface area contributed by atoms with E-state index < -0.39 is 0 Å². The zero-order valence-electron chi connectivity index (χ0n) is 16.9. The van der Waals surface area contributed by atoms with Crippen molar-refractivity contribution in [1.82, 2.24) is 5.32 Å². The maximum atomic E-state index is 5.13. The van der Waals surface area contributed by atoms with E-state index in [2.05, 4.69) is 103 Å². The first kappa shape index (κ1) is 17.2. The van der Waals surface area contributed by atoms with Gasteiger partial charge in [-0.1, -0.05) is 96.6 Å². The van der Waals surface area contributed by atoms with Gasteiger partial charge in [-0.05, 0) is 41.2 Å². The quantitative estimate of drug-likeness (QED) is 0.461. The third-order valence-corrected chi connectivity index (χ3v) is 6.18. The Morgan fingerprint density at radius 2 is 1.77 bits per heavy atom. The Bertz CT molecular complexity index is 1290. The van der Waals surface area contributed by atoms with E-state index in [1.807, 2.05) is 0 Å². The summed E-state index contributed by atoms with van der Waals surface area (Å²) in [6.07, 6.45) is 9.53. The summed E-state index contributed by atoms with van der Waals surface area (Å²) in [5.41, 5.74) is 11.5. The zero-order chi connectivity index (χ0) is 20.1. The van der Waals surface area contributed by atoms with Crippen LogP contribution < -0.4 is 5.32 Å². The molecule has 0 spiro atoms. The highest BCUT2D eigenvalue weighted by atomic mass is 15.1. The topological polar surface area (TPSA) is 24.4 Å². The van der Waals surface area contributed by atoms with E-state index in [1.54, 1.807) is 0 Å². The molecule has 3 aliphatic rings. The van der Waals surface area contributed by atoms with Gasteiger partial charge in [-0.15, -0.1) is 0 Å². The zero-order valence-corrected chi connectivity index (χ0v) is 16.9. The number of nitrogens with one attached hydrogen (secondary N) is 1. The van der Waals surface area contributed by atoms with Crippen molar-refractivity contribution in [3.63, 3.8) is 0 Å². The summed E-state index contributed by atoms with van der Waals surface area (Å²) in [7, 11) is 0. The molecule has 1 N–H and O–H groups in total. The van der Waals surface area contributed by atoms with E-state index in [0.29, 0.717) is 0 Å². The molecule has 2 nitrogen and oxygen atoms in total. The molecule has 0 bridgehead atoms. The number of amidine groups is 1. The lowest BCUT2D eigenvalue weighted by Crippen LogP contribution is -2.32. The first-order chi connectivity index (χ1) is 14.8. The molecule has 0 radical (unpaired) electrons. The van der Waals surface area contributed by atoms with Crippen LogP contribution in [0.15, 0.2) is 102 Å². The van der Waals surface area contributed by atoms with Gasteiger partial charge in [-0.25, -0.2) is 0 Å². The lowest BCUT2D eigenvalue weighted by molar-refractivity contribution is 0.925. The fourth-order valence-corrected chi connectivity index (χ4v) is 4.76. The van der Waals surface area contributed by atoms with Crippen molar-refractivity contribution in [2.75, 3.05) is 0 Å². The molecule has 0 aromatic heterocycles. The number of aliphatic imine (C=N–C) groups is 1. The molecule has 30 heavy (non-hydrogen) atoms. The van der Waals surface area contributed by atoms with E-state index in [1.165, 1.54) is 44.5 Å². The van der Waals surface area contributed by atoms with Crippen LogP contribution in [0.4, 0.5) is 0 Å². The molecule has 0 saturated carbocycles. The van der Waals surface area contributed by atoms with Crippen LogP contribution in [-0.4, -0.2) is 11.9 Å². The van der Waals surface area contributed by atoms with Crippen LogP contribution >= 0.6 is 0 Å². The second-order valence-electron chi connectivity index (χ2n) is 8.17.